The van der Waals surface area contributed by atoms with Crippen molar-refractivity contribution in [3.8, 4) is 0 Å². The summed E-state index contributed by atoms with van der Waals surface area (Å²) in [5.74, 6) is -1.11. The van der Waals surface area contributed by atoms with E-state index in [2.05, 4.69) is 0 Å². The van der Waals surface area contributed by atoms with E-state index in [-0.39, 0.29) is 10.5 Å². The van der Waals surface area contributed by atoms with Gasteiger partial charge >= 0.3 is 5.97 Å². The van der Waals surface area contributed by atoms with Gasteiger partial charge in [0.1, 0.15) is 0 Å². The highest BCUT2D eigenvalue weighted by Crippen LogP contribution is 2.23. The van der Waals surface area contributed by atoms with Gasteiger partial charge in [0.15, 0.2) is 0 Å². The number of hydrogen-bond acceptors (Lipinski definition) is 3. The van der Waals surface area contributed by atoms with E-state index in [0.717, 1.165) is 19.3 Å². The van der Waals surface area contributed by atoms with Crippen LogP contribution in [0.5, 0.6) is 0 Å². The molecule has 1 heterocycles. The largest absolute Gasteiger partial charge is 0.478 e. The highest BCUT2D eigenvalue weighted by molar-refractivity contribution is 14.1. The van der Waals surface area contributed by atoms with Crippen LogP contribution in [0, 0.1) is 3.57 Å². The number of benzene rings is 1. The third-order valence-electron chi connectivity index (χ3n) is 3.12. The summed E-state index contributed by atoms with van der Waals surface area (Å²) in [6.07, 6.45) is 2.75. The van der Waals surface area contributed by atoms with Crippen LogP contribution >= 0.6 is 22.6 Å². The highest BCUT2D eigenvalue weighted by atomic mass is 127. The zero-order valence-corrected chi connectivity index (χ0v) is 13.1. The predicted octanol–water partition coefficient (Wildman–Crippen LogP) is 2.16. The molecule has 0 bridgehead atoms. The zero-order valence-electron chi connectivity index (χ0n) is 10.2. The van der Waals surface area contributed by atoms with Gasteiger partial charge in [-0.3, -0.25) is 0 Å². The lowest BCUT2D eigenvalue weighted by Crippen LogP contribution is -2.35. The second-order valence-corrected chi connectivity index (χ2v) is 7.51. The van der Waals surface area contributed by atoms with Gasteiger partial charge in [-0.2, -0.15) is 4.31 Å². The summed E-state index contributed by atoms with van der Waals surface area (Å²) < 4.78 is 26.8. The molecule has 19 heavy (non-hydrogen) atoms. The first-order valence-corrected chi connectivity index (χ1v) is 8.48. The molecule has 104 valence electrons. The summed E-state index contributed by atoms with van der Waals surface area (Å²) in [4.78, 5) is 11.1. The third-order valence-corrected chi connectivity index (χ3v) is 5.96. The molecule has 1 aromatic carbocycles. The lowest BCUT2D eigenvalue weighted by atomic mass is 10.2. The number of carboxylic acids is 1. The van der Waals surface area contributed by atoms with Gasteiger partial charge < -0.3 is 5.11 Å². The number of hydrogen-bond donors (Lipinski definition) is 1. The molecule has 0 radical (unpaired) electrons. The van der Waals surface area contributed by atoms with E-state index in [1.807, 2.05) is 22.6 Å². The number of nitrogens with zero attached hydrogens (tertiary/aromatic N) is 1. The first-order valence-electron chi connectivity index (χ1n) is 5.96. The van der Waals surface area contributed by atoms with Crippen molar-refractivity contribution >= 4 is 38.6 Å². The molecule has 7 heteroatoms. The Hall–Kier alpha value is -0.670. The molecule has 0 spiro atoms. The summed E-state index contributed by atoms with van der Waals surface area (Å²) >= 11 is 1.89. The molecule has 1 fully saturated rings. The second kappa shape index (κ2) is 5.76. The molecule has 0 unspecified atom stereocenters. The van der Waals surface area contributed by atoms with Crippen LogP contribution in [-0.2, 0) is 10.0 Å². The summed E-state index contributed by atoms with van der Waals surface area (Å²) in [6, 6.07) is 4.24. The highest BCUT2D eigenvalue weighted by Gasteiger charge is 2.27. The van der Waals surface area contributed by atoms with Crippen molar-refractivity contribution in [1.29, 1.82) is 0 Å². The predicted molar refractivity (Wildman–Crippen MR) is 78.7 cm³/mol. The Morgan fingerprint density at radius 1 is 1.21 bits per heavy atom. The maximum atomic E-state index is 12.4. The molecule has 2 rings (SSSR count). The molecule has 0 amide bonds. The van der Waals surface area contributed by atoms with Gasteiger partial charge in [-0.15, -0.1) is 0 Å². The summed E-state index contributed by atoms with van der Waals surface area (Å²) in [5.41, 5.74) is 0.0266. The standard InChI is InChI=1S/C12H14INO4S/c13-11-5-4-9(8-10(11)12(15)16)19(17,18)14-6-2-1-3-7-14/h4-5,8H,1-3,6-7H2,(H,15,16). The van der Waals surface area contributed by atoms with Crippen molar-refractivity contribution in [2.24, 2.45) is 0 Å². The molecule has 5 nitrogen and oxygen atoms in total. The average molecular weight is 395 g/mol. The Morgan fingerprint density at radius 3 is 2.42 bits per heavy atom. The number of piperidine rings is 1. The normalized spacial score (nSPS) is 17.3. The van der Waals surface area contributed by atoms with Crippen molar-refractivity contribution in [2.45, 2.75) is 24.2 Å². The Balaban J connectivity index is 2.40. The quantitative estimate of drug-likeness (QED) is 0.797. The van der Waals surface area contributed by atoms with Gasteiger partial charge in [-0.05, 0) is 53.6 Å². The summed E-state index contributed by atoms with van der Waals surface area (Å²) in [7, 11) is -3.57. The van der Waals surface area contributed by atoms with Crippen molar-refractivity contribution in [3.05, 3.63) is 27.3 Å². The molecule has 0 aromatic heterocycles. The summed E-state index contributed by atoms with van der Waals surface area (Å²) in [6.45, 7) is 1.02. The summed E-state index contributed by atoms with van der Waals surface area (Å²) in [5, 5.41) is 9.05. The van der Waals surface area contributed by atoms with Crippen LogP contribution in [-0.4, -0.2) is 36.9 Å². The fourth-order valence-corrected chi connectivity index (χ4v) is 4.19. The van der Waals surface area contributed by atoms with Crippen LogP contribution in [0.15, 0.2) is 23.1 Å². The van der Waals surface area contributed by atoms with Crippen LogP contribution in [0.4, 0.5) is 0 Å². The maximum Gasteiger partial charge on any atom is 0.336 e. The number of carboxylic acid groups (broad SMARTS) is 1. The first kappa shape index (κ1) is 14.7. The van der Waals surface area contributed by atoms with Gasteiger partial charge in [0, 0.05) is 16.7 Å². The minimum atomic E-state index is -3.57. The first-order chi connectivity index (χ1) is 8.93. The smallest absolute Gasteiger partial charge is 0.336 e. The zero-order chi connectivity index (χ0) is 14.0. The van der Waals surface area contributed by atoms with Crippen LogP contribution < -0.4 is 0 Å². The van der Waals surface area contributed by atoms with Gasteiger partial charge in [0.05, 0.1) is 10.5 Å². The topological polar surface area (TPSA) is 74.7 Å². The molecule has 1 N–H and O–H groups in total. The molecule has 0 atom stereocenters. The number of halogens is 1. The van der Waals surface area contributed by atoms with E-state index in [9.17, 15) is 13.2 Å². The van der Waals surface area contributed by atoms with Crippen LogP contribution in [0.3, 0.4) is 0 Å². The van der Waals surface area contributed by atoms with E-state index < -0.39 is 16.0 Å². The van der Waals surface area contributed by atoms with E-state index >= 15 is 0 Å². The van der Waals surface area contributed by atoms with Crippen LogP contribution in [0.25, 0.3) is 0 Å². The molecule has 1 aromatic rings. The van der Waals surface area contributed by atoms with E-state index in [1.54, 1.807) is 0 Å². The molecule has 0 saturated carbocycles. The fourth-order valence-electron chi connectivity index (χ4n) is 2.08. The number of rotatable bonds is 3. The molecular formula is C12H14INO4S. The molecule has 1 aliphatic heterocycles. The van der Waals surface area contributed by atoms with Crippen molar-refractivity contribution in [2.75, 3.05) is 13.1 Å². The van der Waals surface area contributed by atoms with E-state index in [1.165, 1.54) is 22.5 Å². The number of sulfonamides is 1. The second-order valence-electron chi connectivity index (χ2n) is 4.41. The molecule has 1 aliphatic rings. The number of aromatic carboxylic acids is 1. The average Bonchev–Trinajstić information content (AvgIpc) is 2.39. The minimum absolute atomic E-state index is 0.0266. The van der Waals surface area contributed by atoms with Gasteiger partial charge in [-0.25, -0.2) is 13.2 Å². The van der Waals surface area contributed by atoms with Gasteiger partial charge in [0.25, 0.3) is 0 Å². The fraction of sp³-hybridized carbons (Fsp3) is 0.417. The SMILES string of the molecule is O=C(O)c1cc(S(=O)(=O)N2CCCCC2)ccc1I. The Morgan fingerprint density at radius 2 is 1.84 bits per heavy atom. The Bertz CT molecular complexity index is 594. The lowest BCUT2D eigenvalue weighted by molar-refractivity contribution is 0.0695. The maximum absolute atomic E-state index is 12.4. The molecule has 0 aliphatic carbocycles. The van der Waals surface area contributed by atoms with Gasteiger partial charge in [-0.1, -0.05) is 6.42 Å². The van der Waals surface area contributed by atoms with Crippen molar-refractivity contribution < 1.29 is 18.3 Å². The molecule has 1 saturated heterocycles. The Labute approximate surface area is 125 Å². The van der Waals surface area contributed by atoms with Crippen LogP contribution in [0.2, 0.25) is 0 Å². The monoisotopic (exact) mass is 395 g/mol. The van der Waals surface area contributed by atoms with E-state index in [0.29, 0.717) is 16.7 Å². The van der Waals surface area contributed by atoms with Crippen molar-refractivity contribution in [3.63, 3.8) is 0 Å². The minimum Gasteiger partial charge on any atom is -0.478 e. The van der Waals surface area contributed by atoms with Crippen LogP contribution in [0.1, 0.15) is 29.6 Å². The third kappa shape index (κ3) is 3.09. The van der Waals surface area contributed by atoms with Gasteiger partial charge in [0.2, 0.25) is 10.0 Å². The molecular weight excluding hydrogens is 381 g/mol. The lowest BCUT2D eigenvalue weighted by Gasteiger charge is -2.26. The van der Waals surface area contributed by atoms with E-state index in [4.69, 9.17) is 5.11 Å². The number of carbonyl (C=O) groups is 1. The van der Waals surface area contributed by atoms with Crippen molar-refractivity contribution in [1.82, 2.24) is 4.31 Å². The Kier molecular flexibility index (Phi) is 4.46.